The molecule has 0 unspecified atom stereocenters. The minimum atomic E-state index is -0.414. The predicted octanol–water partition coefficient (Wildman–Crippen LogP) is 4.44. The summed E-state index contributed by atoms with van der Waals surface area (Å²) >= 11 is 1.31. The molecule has 1 N–H and O–H groups in total. The Morgan fingerprint density at radius 3 is 2.48 bits per heavy atom. The smallest absolute Gasteiger partial charge is 0.281 e. The van der Waals surface area contributed by atoms with Crippen LogP contribution in [0, 0.1) is 15.5 Å². The summed E-state index contributed by atoms with van der Waals surface area (Å²) in [5, 5.41) is 21.8. The third-order valence-electron chi connectivity index (χ3n) is 4.21. The van der Waals surface area contributed by atoms with Crippen molar-refractivity contribution in [2.24, 2.45) is 4.99 Å². The highest BCUT2D eigenvalue weighted by Gasteiger charge is 2.19. The van der Waals surface area contributed by atoms with Crippen molar-refractivity contribution >= 4 is 22.9 Å². The molecule has 0 amide bonds. The minimum absolute atomic E-state index is 0.0144. The number of nitro groups is 1. The summed E-state index contributed by atoms with van der Waals surface area (Å²) in [6.07, 6.45) is 1.60. The van der Waals surface area contributed by atoms with Gasteiger partial charge in [0.15, 0.2) is 10.6 Å². The van der Waals surface area contributed by atoms with Crippen molar-refractivity contribution in [3.63, 3.8) is 0 Å². The molecular weight excluding hydrogens is 386 g/mol. The first-order chi connectivity index (χ1) is 14.1. The number of benzene rings is 2. The van der Waals surface area contributed by atoms with Crippen molar-refractivity contribution in [3.05, 3.63) is 105 Å². The lowest BCUT2D eigenvalue weighted by atomic mass is 10.1. The van der Waals surface area contributed by atoms with E-state index in [2.05, 4.69) is 9.98 Å². The van der Waals surface area contributed by atoms with E-state index in [1.165, 1.54) is 17.4 Å². The molecule has 4 aromatic rings. The summed E-state index contributed by atoms with van der Waals surface area (Å²) in [5.41, 5.74) is 2.44. The molecule has 142 valence electrons. The Hall–Kier alpha value is -3.91. The number of amidine groups is 1. The Morgan fingerprint density at radius 2 is 1.76 bits per heavy atom. The molecule has 2 aromatic carbocycles. The highest BCUT2D eigenvalue weighted by Crippen LogP contribution is 2.28. The van der Waals surface area contributed by atoms with E-state index in [1.54, 1.807) is 47.2 Å². The van der Waals surface area contributed by atoms with Gasteiger partial charge in [-0.3, -0.25) is 25.1 Å². The van der Waals surface area contributed by atoms with E-state index in [4.69, 9.17) is 5.41 Å². The molecule has 0 spiro atoms. The predicted molar refractivity (Wildman–Crippen MR) is 112 cm³/mol. The zero-order valence-electron chi connectivity index (χ0n) is 15.1. The van der Waals surface area contributed by atoms with Gasteiger partial charge in [0.25, 0.3) is 5.69 Å². The molecule has 0 saturated heterocycles. The molecule has 29 heavy (non-hydrogen) atoms. The molecule has 0 fully saturated rings. The van der Waals surface area contributed by atoms with E-state index in [0.717, 1.165) is 11.3 Å². The van der Waals surface area contributed by atoms with Crippen LogP contribution in [0.1, 0.15) is 5.69 Å². The standard InChI is InChI=1S/C21H15N5O2S/c22-20(16-10-6-7-13-23-16)24-21-25(17-11-4-5-12-18(17)26(27)28)19(14-29-21)15-8-2-1-3-9-15/h1-14,22H. The van der Waals surface area contributed by atoms with Crippen LogP contribution in [0.5, 0.6) is 0 Å². The van der Waals surface area contributed by atoms with Gasteiger partial charge in [0.1, 0.15) is 11.4 Å². The first-order valence-electron chi connectivity index (χ1n) is 8.69. The molecule has 2 aromatic heterocycles. The number of thiazole rings is 1. The highest BCUT2D eigenvalue weighted by atomic mass is 32.1. The Labute approximate surface area is 169 Å². The molecule has 0 saturated carbocycles. The van der Waals surface area contributed by atoms with Crippen molar-refractivity contribution in [2.45, 2.75) is 0 Å². The van der Waals surface area contributed by atoms with Crippen molar-refractivity contribution in [3.8, 4) is 16.9 Å². The first-order valence-corrected chi connectivity index (χ1v) is 9.57. The Balaban J connectivity index is 1.97. The lowest BCUT2D eigenvalue weighted by Crippen LogP contribution is -2.18. The van der Waals surface area contributed by atoms with E-state index in [-0.39, 0.29) is 11.5 Å². The molecule has 0 bridgehead atoms. The van der Waals surface area contributed by atoms with Gasteiger partial charge in [-0.15, -0.1) is 11.3 Å². The summed E-state index contributed by atoms with van der Waals surface area (Å²) in [4.78, 5) is 20.3. The molecule has 0 atom stereocenters. The van der Waals surface area contributed by atoms with Crippen molar-refractivity contribution in [1.29, 1.82) is 5.41 Å². The monoisotopic (exact) mass is 401 g/mol. The van der Waals surface area contributed by atoms with Gasteiger partial charge in [-0.05, 0) is 23.8 Å². The van der Waals surface area contributed by atoms with Gasteiger partial charge in [0.05, 0.1) is 10.6 Å². The zero-order valence-corrected chi connectivity index (χ0v) is 15.9. The number of hydrogen-bond donors (Lipinski definition) is 1. The van der Waals surface area contributed by atoms with Crippen LogP contribution in [0.15, 0.2) is 89.4 Å². The van der Waals surface area contributed by atoms with Crippen LogP contribution in [-0.2, 0) is 0 Å². The number of rotatable bonds is 4. The largest absolute Gasteiger partial charge is 0.293 e. The van der Waals surface area contributed by atoms with Crippen LogP contribution in [0.3, 0.4) is 0 Å². The third kappa shape index (κ3) is 3.74. The number of para-hydroxylation sites is 2. The molecule has 0 aliphatic carbocycles. The van der Waals surface area contributed by atoms with Crippen LogP contribution in [0.25, 0.3) is 16.9 Å². The molecular formula is C21H15N5O2S. The van der Waals surface area contributed by atoms with Gasteiger partial charge in [0.2, 0.25) is 0 Å². The van der Waals surface area contributed by atoms with Crippen LogP contribution in [-0.4, -0.2) is 20.3 Å². The Morgan fingerprint density at radius 1 is 1.03 bits per heavy atom. The summed E-state index contributed by atoms with van der Waals surface area (Å²) in [5.74, 6) is -0.0144. The lowest BCUT2D eigenvalue weighted by Gasteiger charge is -2.10. The van der Waals surface area contributed by atoms with Gasteiger partial charge < -0.3 is 0 Å². The SMILES string of the molecule is N=C(N=c1scc(-c2ccccc2)n1-c1ccccc1[N+](=O)[O-])c1ccccn1. The normalized spacial score (nSPS) is 11.4. The topological polar surface area (TPSA) is 97.2 Å². The lowest BCUT2D eigenvalue weighted by molar-refractivity contribution is -0.384. The molecule has 7 nitrogen and oxygen atoms in total. The van der Waals surface area contributed by atoms with Gasteiger partial charge in [-0.25, -0.2) is 0 Å². The van der Waals surface area contributed by atoms with Crippen molar-refractivity contribution < 1.29 is 4.92 Å². The second-order valence-corrected chi connectivity index (χ2v) is 6.86. The van der Waals surface area contributed by atoms with E-state index >= 15 is 0 Å². The van der Waals surface area contributed by atoms with E-state index in [1.807, 2.05) is 35.7 Å². The summed E-state index contributed by atoms with van der Waals surface area (Å²) in [7, 11) is 0. The average Bonchev–Trinajstić information content (AvgIpc) is 3.18. The van der Waals surface area contributed by atoms with E-state index in [0.29, 0.717) is 16.2 Å². The zero-order chi connectivity index (χ0) is 20.2. The highest BCUT2D eigenvalue weighted by molar-refractivity contribution is 7.07. The fraction of sp³-hybridized carbons (Fsp3) is 0. The van der Waals surface area contributed by atoms with Gasteiger partial charge in [-0.2, -0.15) is 4.99 Å². The molecule has 2 heterocycles. The Kier molecular flexibility index (Phi) is 5.08. The third-order valence-corrected chi connectivity index (χ3v) is 5.04. The van der Waals surface area contributed by atoms with Crippen LogP contribution < -0.4 is 4.80 Å². The molecule has 0 aliphatic rings. The average molecular weight is 401 g/mol. The second-order valence-electron chi connectivity index (χ2n) is 6.03. The van der Waals surface area contributed by atoms with Crippen LogP contribution >= 0.6 is 11.3 Å². The van der Waals surface area contributed by atoms with Gasteiger partial charge >= 0.3 is 0 Å². The number of nitrogens with one attached hydrogen (secondary N) is 1. The number of nitro benzene ring substituents is 1. The number of aromatic nitrogens is 2. The Bertz CT molecular complexity index is 1250. The summed E-state index contributed by atoms with van der Waals surface area (Å²) in [6, 6.07) is 21.4. The quantitative estimate of drug-likeness (QED) is 0.237. The number of hydrogen-bond acceptors (Lipinski definition) is 5. The van der Waals surface area contributed by atoms with Gasteiger partial charge in [-0.1, -0.05) is 48.5 Å². The van der Waals surface area contributed by atoms with Crippen molar-refractivity contribution in [2.75, 3.05) is 0 Å². The second kappa shape index (κ2) is 7.99. The fourth-order valence-corrected chi connectivity index (χ4v) is 3.80. The van der Waals surface area contributed by atoms with E-state index in [9.17, 15) is 10.1 Å². The van der Waals surface area contributed by atoms with Crippen LogP contribution in [0.2, 0.25) is 0 Å². The molecule has 0 radical (unpaired) electrons. The maximum absolute atomic E-state index is 11.6. The van der Waals surface area contributed by atoms with E-state index < -0.39 is 4.92 Å². The number of nitrogens with zero attached hydrogens (tertiary/aromatic N) is 4. The fourth-order valence-electron chi connectivity index (χ4n) is 2.90. The maximum atomic E-state index is 11.6. The maximum Gasteiger partial charge on any atom is 0.293 e. The molecule has 0 aliphatic heterocycles. The molecule has 4 rings (SSSR count). The van der Waals surface area contributed by atoms with Gasteiger partial charge in [0, 0.05) is 17.6 Å². The van der Waals surface area contributed by atoms with Crippen molar-refractivity contribution in [1.82, 2.24) is 9.55 Å². The molecule has 8 heteroatoms. The minimum Gasteiger partial charge on any atom is -0.281 e. The summed E-state index contributed by atoms with van der Waals surface area (Å²) in [6.45, 7) is 0. The number of pyridine rings is 1. The first kappa shape index (κ1) is 18.5. The van der Waals surface area contributed by atoms with Crippen LogP contribution in [0.4, 0.5) is 5.69 Å². The summed E-state index contributed by atoms with van der Waals surface area (Å²) < 4.78 is 1.72.